The van der Waals surface area contributed by atoms with Gasteiger partial charge in [0.1, 0.15) is 13.2 Å². The maximum Gasteiger partial charge on any atom is 0.394 e. The predicted octanol–water partition coefficient (Wildman–Crippen LogP) is 0.939. The summed E-state index contributed by atoms with van der Waals surface area (Å²) in [6, 6.07) is 0. The van der Waals surface area contributed by atoms with Crippen LogP contribution in [-0.4, -0.2) is 61.3 Å². The first-order chi connectivity index (χ1) is 8.45. The topological polar surface area (TPSA) is 101 Å². The van der Waals surface area contributed by atoms with Gasteiger partial charge in [0.25, 0.3) is 0 Å². The normalized spacial score (nSPS) is 11.3. The van der Waals surface area contributed by atoms with Crippen molar-refractivity contribution in [2.45, 2.75) is 20.8 Å². The third kappa shape index (κ3) is 15.0. The highest BCUT2D eigenvalue weighted by atomic mass is 32.3. The van der Waals surface area contributed by atoms with Crippen LogP contribution in [-0.2, 0) is 19.9 Å². The van der Waals surface area contributed by atoms with Crippen molar-refractivity contribution in [3.63, 3.8) is 0 Å². The zero-order valence-corrected chi connectivity index (χ0v) is 12.7. The molecule has 0 amide bonds. The number of nitrogens with zero attached hydrogens (tertiary/aromatic N) is 1. The molecule has 0 aliphatic heterocycles. The number of hydrogen-bond donors (Lipinski definition) is 2. The van der Waals surface area contributed by atoms with Gasteiger partial charge in [-0.25, -0.2) is 4.79 Å². The van der Waals surface area contributed by atoms with Crippen molar-refractivity contribution in [3.8, 4) is 0 Å². The minimum Gasteiger partial charge on any atom is -0.456 e. The molecule has 0 aliphatic rings. The summed E-state index contributed by atoms with van der Waals surface area (Å²) < 4.78 is 37.6. The van der Waals surface area contributed by atoms with Gasteiger partial charge in [-0.3, -0.25) is 9.11 Å². The molecule has 0 fully saturated rings. The monoisotopic (exact) mass is 298 g/mol. The lowest BCUT2D eigenvalue weighted by molar-refractivity contribution is -0.906. The molecule has 0 aromatic rings. The number of hydrogen-bond acceptors (Lipinski definition) is 4. The Kier molecular flexibility index (Phi) is 9.67. The van der Waals surface area contributed by atoms with Crippen molar-refractivity contribution in [1.29, 1.82) is 0 Å². The van der Waals surface area contributed by atoms with Gasteiger partial charge in [0.2, 0.25) is 0 Å². The van der Waals surface area contributed by atoms with Gasteiger partial charge in [-0.15, -0.1) is 0 Å². The molecule has 0 atom stereocenters. The summed E-state index contributed by atoms with van der Waals surface area (Å²) in [4.78, 5) is 11.1. The molecule has 0 aliphatic carbocycles. The quantitative estimate of drug-likeness (QED) is 0.327. The number of ether oxygens (including phenoxy) is 1. The Balaban J connectivity index is 0. The molecule has 0 spiro atoms. The van der Waals surface area contributed by atoms with Gasteiger partial charge in [-0.05, 0) is 20.8 Å². The summed E-state index contributed by atoms with van der Waals surface area (Å²) in [5.41, 5.74) is 0.465. The summed E-state index contributed by atoms with van der Waals surface area (Å²) in [6.07, 6.45) is 0. The Morgan fingerprint density at radius 1 is 1.26 bits per heavy atom. The lowest BCUT2D eigenvalue weighted by Gasteiger charge is -2.31. The molecule has 0 aromatic carbocycles. The molecule has 19 heavy (non-hydrogen) atoms. The van der Waals surface area contributed by atoms with Crippen molar-refractivity contribution in [2.75, 3.05) is 33.3 Å². The molecular formula is C11H24NO6S+. The molecule has 0 saturated carbocycles. The van der Waals surface area contributed by atoms with E-state index in [0.717, 1.165) is 24.1 Å². The van der Waals surface area contributed by atoms with E-state index in [9.17, 15) is 4.79 Å². The molecule has 0 heterocycles. The van der Waals surface area contributed by atoms with Crippen LogP contribution in [0.3, 0.4) is 0 Å². The fraction of sp³-hybridized carbons (Fsp3) is 0.727. The first-order valence-corrected chi connectivity index (χ1v) is 7.21. The van der Waals surface area contributed by atoms with Crippen molar-refractivity contribution < 1.29 is 31.5 Å². The van der Waals surface area contributed by atoms with Gasteiger partial charge < -0.3 is 9.22 Å². The third-order valence-corrected chi connectivity index (χ3v) is 2.74. The average molecular weight is 298 g/mol. The summed E-state index contributed by atoms with van der Waals surface area (Å²) in [7, 11) is -2.51. The smallest absolute Gasteiger partial charge is 0.394 e. The lowest BCUT2D eigenvalue weighted by Crippen LogP contribution is -2.46. The van der Waals surface area contributed by atoms with Crippen LogP contribution >= 0.6 is 0 Å². The second kappa shape index (κ2) is 9.03. The van der Waals surface area contributed by atoms with E-state index in [2.05, 4.69) is 27.5 Å². The van der Waals surface area contributed by atoms with E-state index in [4.69, 9.17) is 22.3 Å². The number of quaternary nitrogens is 1. The SMILES string of the molecule is C=C(C)C(=O)OCC[N+](C)(CC)CC.O=S(=O)(O)O. The molecule has 114 valence electrons. The number of carbonyl (C=O) groups excluding carboxylic acids is 1. The summed E-state index contributed by atoms with van der Waals surface area (Å²) in [6.45, 7) is 12.9. The van der Waals surface area contributed by atoms with Crippen molar-refractivity contribution in [2.24, 2.45) is 0 Å². The maximum absolute atomic E-state index is 11.1. The summed E-state index contributed by atoms with van der Waals surface area (Å²) in [5.74, 6) is -0.288. The first-order valence-electron chi connectivity index (χ1n) is 5.81. The molecule has 0 radical (unpaired) electrons. The molecule has 8 heteroatoms. The highest BCUT2D eigenvalue weighted by Crippen LogP contribution is 2.01. The van der Waals surface area contributed by atoms with Gasteiger partial charge in [0.15, 0.2) is 0 Å². The molecule has 0 bridgehead atoms. The van der Waals surface area contributed by atoms with Crippen LogP contribution in [0.1, 0.15) is 20.8 Å². The largest absolute Gasteiger partial charge is 0.456 e. The van der Waals surface area contributed by atoms with Crippen molar-refractivity contribution >= 4 is 16.4 Å². The number of likely N-dealkylation sites (N-methyl/N-ethyl adjacent to an activating group) is 1. The number of carbonyl (C=O) groups is 1. The van der Waals surface area contributed by atoms with E-state index in [1.165, 1.54) is 0 Å². The second-order valence-electron chi connectivity index (χ2n) is 4.34. The van der Waals surface area contributed by atoms with E-state index in [1.54, 1.807) is 6.92 Å². The van der Waals surface area contributed by atoms with Gasteiger partial charge in [-0.2, -0.15) is 8.42 Å². The highest BCUT2D eigenvalue weighted by Gasteiger charge is 2.16. The van der Waals surface area contributed by atoms with Crippen LogP contribution in [0.4, 0.5) is 0 Å². The van der Waals surface area contributed by atoms with Crippen LogP contribution in [0.25, 0.3) is 0 Å². The standard InChI is InChI=1S/C11H22NO2.H2O4S/c1-6-12(5,7-2)8-9-14-11(13)10(3)4;1-5(2,3)4/h3,6-9H2,1-2,4-5H3;(H2,1,2,3,4)/q+1;. The summed E-state index contributed by atoms with van der Waals surface area (Å²) in [5, 5.41) is 0. The van der Waals surface area contributed by atoms with E-state index >= 15 is 0 Å². The van der Waals surface area contributed by atoms with E-state index in [1.807, 2.05) is 0 Å². The maximum atomic E-state index is 11.1. The van der Waals surface area contributed by atoms with E-state index in [-0.39, 0.29) is 5.97 Å². The molecule has 2 N–H and O–H groups in total. The molecule has 0 rings (SSSR count). The number of rotatable bonds is 6. The Hall–Kier alpha value is -0.960. The highest BCUT2D eigenvalue weighted by molar-refractivity contribution is 7.79. The predicted molar refractivity (Wildman–Crippen MR) is 72.1 cm³/mol. The van der Waals surface area contributed by atoms with Crippen LogP contribution in [0.5, 0.6) is 0 Å². The van der Waals surface area contributed by atoms with Crippen LogP contribution < -0.4 is 0 Å². The van der Waals surface area contributed by atoms with Gasteiger partial charge >= 0.3 is 16.4 Å². The Bertz CT molecular complexity index is 378. The second-order valence-corrected chi connectivity index (χ2v) is 5.24. The van der Waals surface area contributed by atoms with Gasteiger partial charge in [-0.1, -0.05) is 6.58 Å². The Labute approximate surface area is 115 Å². The average Bonchev–Trinajstić information content (AvgIpc) is 2.26. The van der Waals surface area contributed by atoms with E-state index < -0.39 is 10.4 Å². The van der Waals surface area contributed by atoms with E-state index in [0.29, 0.717) is 12.2 Å². The third-order valence-electron chi connectivity index (χ3n) is 2.74. The zero-order chi connectivity index (χ0) is 15.7. The van der Waals surface area contributed by atoms with Gasteiger partial charge in [0, 0.05) is 5.57 Å². The molecule has 0 unspecified atom stereocenters. The Morgan fingerprint density at radius 3 is 1.89 bits per heavy atom. The van der Waals surface area contributed by atoms with Crippen LogP contribution in [0.2, 0.25) is 0 Å². The van der Waals surface area contributed by atoms with Crippen LogP contribution in [0.15, 0.2) is 12.2 Å². The van der Waals surface area contributed by atoms with Crippen LogP contribution in [0, 0.1) is 0 Å². The first kappa shape index (κ1) is 20.4. The fourth-order valence-corrected chi connectivity index (χ4v) is 1.02. The number of esters is 1. The molecular weight excluding hydrogens is 274 g/mol. The molecule has 0 saturated heterocycles. The molecule has 0 aromatic heterocycles. The Morgan fingerprint density at radius 2 is 1.63 bits per heavy atom. The van der Waals surface area contributed by atoms with Gasteiger partial charge in [0.05, 0.1) is 20.1 Å². The summed E-state index contributed by atoms with van der Waals surface area (Å²) >= 11 is 0. The molecule has 7 nitrogen and oxygen atoms in total. The zero-order valence-electron chi connectivity index (χ0n) is 11.9. The minimum atomic E-state index is -4.67. The lowest BCUT2D eigenvalue weighted by atomic mass is 10.3. The van der Waals surface area contributed by atoms with Crippen molar-refractivity contribution in [3.05, 3.63) is 12.2 Å². The fourth-order valence-electron chi connectivity index (χ4n) is 1.02. The van der Waals surface area contributed by atoms with Crippen molar-refractivity contribution in [1.82, 2.24) is 0 Å². The minimum absolute atomic E-state index is 0.288.